The van der Waals surface area contributed by atoms with Crippen LogP contribution in [0, 0.1) is 0 Å². The summed E-state index contributed by atoms with van der Waals surface area (Å²) < 4.78 is 5.17. The Labute approximate surface area is 179 Å². The quantitative estimate of drug-likeness (QED) is 0.476. The number of pyridine rings is 1. The van der Waals surface area contributed by atoms with E-state index >= 15 is 0 Å². The number of nitrogens with one attached hydrogen (secondary N) is 1. The van der Waals surface area contributed by atoms with Gasteiger partial charge in [0.2, 0.25) is 5.82 Å². The van der Waals surface area contributed by atoms with E-state index in [2.05, 4.69) is 25.7 Å². The third kappa shape index (κ3) is 5.30. The van der Waals surface area contributed by atoms with Crippen LogP contribution in [0.5, 0.6) is 5.75 Å². The second-order valence-corrected chi connectivity index (χ2v) is 6.93. The number of benzene rings is 2. The van der Waals surface area contributed by atoms with E-state index in [-0.39, 0.29) is 5.91 Å². The van der Waals surface area contributed by atoms with Crippen LogP contribution in [-0.2, 0) is 13.0 Å². The molecule has 1 N–H and O–H groups in total. The second-order valence-electron chi connectivity index (χ2n) is 6.93. The molecule has 0 aliphatic heterocycles. The lowest BCUT2D eigenvalue weighted by molar-refractivity contribution is 0.0954. The molecule has 2 heterocycles. The molecule has 0 saturated carbocycles. The average Bonchev–Trinajstić information content (AvgIpc) is 3.29. The van der Waals surface area contributed by atoms with Crippen LogP contribution in [0.4, 0.5) is 0 Å². The van der Waals surface area contributed by atoms with Crippen molar-refractivity contribution in [2.24, 2.45) is 0 Å². The number of aromatic nitrogens is 5. The van der Waals surface area contributed by atoms with E-state index in [0.717, 1.165) is 28.9 Å². The van der Waals surface area contributed by atoms with E-state index in [9.17, 15) is 4.79 Å². The van der Waals surface area contributed by atoms with Crippen LogP contribution in [0.3, 0.4) is 0 Å². The van der Waals surface area contributed by atoms with E-state index in [1.807, 2.05) is 48.5 Å². The maximum absolute atomic E-state index is 12.5. The van der Waals surface area contributed by atoms with Crippen molar-refractivity contribution in [3.8, 4) is 17.1 Å². The number of amides is 1. The molecule has 0 aliphatic carbocycles. The van der Waals surface area contributed by atoms with Crippen LogP contribution in [0.25, 0.3) is 11.4 Å². The molecule has 0 saturated heterocycles. The molecule has 4 aromatic rings. The van der Waals surface area contributed by atoms with Gasteiger partial charge in [-0.25, -0.2) is 0 Å². The highest BCUT2D eigenvalue weighted by atomic mass is 16.5. The number of tetrazole rings is 1. The Morgan fingerprint density at radius 3 is 2.61 bits per heavy atom. The molecule has 0 radical (unpaired) electrons. The molecule has 0 spiro atoms. The Bertz CT molecular complexity index is 1140. The molecule has 0 atom stereocenters. The molecule has 31 heavy (non-hydrogen) atoms. The fraction of sp³-hybridized carbons (Fsp3) is 0.174. The van der Waals surface area contributed by atoms with Gasteiger partial charge in [-0.3, -0.25) is 9.78 Å². The molecule has 0 bridgehead atoms. The van der Waals surface area contributed by atoms with E-state index in [4.69, 9.17) is 4.74 Å². The van der Waals surface area contributed by atoms with Gasteiger partial charge in [0, 0.05) is 30.1 Å². The van der Waals surface area contributed by atoms with Gasteiger partial charge in [0.25, 0.3) is 5.91 Å². The lowest BCUT2D eigenvalue weighted by Crippen LogP contribution is -2.25. The van der Waals surface area contributed by atoms with Crippen molar-refractivity contribution in [1.29, 1.82) is 0 Å². The minimum Gasteiger partial charge on any atom is -0.497 e. The largest absolute Gasteiger partial charge is 0.497 e. The highest BCUT2D eigenvalue weighted by Crippen LogP contribution is 2.16. The number of methoxy groups -OCH3 is 1. The summed E-state index contributed by atoms with van der Waals surface area (Å²) in [5, 5.41) is 15.7. The van der Waals surface area contributed by atoms with Gasteiger partial charge in [-0.15, -0.1) is 10.2 Å². The third-order valence-corrected chi connectivity index (χ3v) is 4.77. The molecule has 0 unspecified atom stereocenters. The number of hydrogen-bond acceptors (Lipinski definition) is 6. The molecule has 2 aromatic heterocycles. The molecule has 8 nitrogen and oxygen atoms in total. The topological polar surface area (TPSA) is 94.8 Å². The molecule has 2 aromatic carbocycles. The molecular formula is C23H22N6O2. The average molecular weight is 414 g/mol. The van der Waals surface area contributed by atoms with Crippen LogP contribution in [0.1, 0.15) is 21.5 Å². The van der Waals surface area contributed by atoms with Crippen molar-refractivity contribution in [3.63, 3.8) is 0 Å². The van der Waals surface area contributed by atoms with Gasteiger partial charge < -0.3 is 10.1 Å². The van der Waals surface area contributed by atoms with Crippen LogP contribution < -0.4 is 10.1 Å². The fourth-order valence-corrected chi connectivity index (χ4v) is 3.09. The first-order valence-corrected chi connectivity index (χ1v) is 9.89. The van der Waals surface area contributed by atoms with Gasteiger partial charge in [0.05, 0.1) is 13.7 Å². The predicted octanol–water partition coefficient (Wildman–Crippen LogP) is 2.76. The monoisotopic (exact) mass is 414 g/mol. The molecule has 156 valence electrons. The van der Waals surface area contributed by atoms with E-state index in [1.54, 1.807) is 31.6 Å². The Morgan fingerprint density at radius 2 is 1.84 bits per heavy atom. The molecule has 0 aliphatic rings. The van der Waals surface area contributed by atoms with Crippen LogP contribution in [0.2, 0.25) is 0 Å². The Kier molecular flexibility index (Phi) is 6.27. The summed E-state index contributed by atoms with van der Waals surface area (Å²) in [6.45, 7) is 1.04. The summed E-state index contributed by atoms with van der Waals surface area (Å²) in [6, 6.07) is 18.8. The number of rotatable bonds is 8. The smallest absolute Gasteiger partial charge is 0.251 e. The molecule has 4 rings (SSSR count). The molecule has 1 amide bonds. The van der Waals surface area contributed by atoms with Crippen molar-refractivity contribution in [3.05, 3.63) is 89.7 Å². The van der Waals surface area contributed by atoms with Crippen molar-refractivity contribution >= 4 is 5.91 Å². The molecule has 8 heteroatoms. The highest BCUT2D eigenvalue weighted by molar-refractivity contribution is 5.95. The van der Waals surface area contributed by atoms with Gasteiger partial charge in [-0.05, 0) is 59.2 Å². The van der Waals surface area contributed by atoms with Crippen molar-refractivity contribution < 1.29 is 9.53 Å². The van der Waals surface area contributed by atoms with Crippen molar-refractivity contribution in [2.45, 2.75) is 13.0 Å². The van der Waals surface area contributed by atoms with Crippen LogP contribution in [-0.4, -0.2) is 44.8 Å². The minimum atomic E-state index is -0.137. The first-order valence-electron chi connectivity index (χ1n) is 9.89. The van der Waals surface area contributed by atoms with Gasteiger partial charge in [-0.1, -0.05) is 24.3 Å². The van der Waals surface area contributed by atoms with Crippen molar-refractivity contribution in [1.82, 2.24) is 30.5 Å². The molecular weight excluding hydrogens is 392 g/mol. The van der Waals surface area contributed by atoms with Crippen molar-refractivity contribution in [2.75, 3.05) is 13.7 Å². The zero-order valence-corrected chi connectivity index (χ0v) is 17.1. The summed E-state index contributed by atoms with van der Waals surface area (Å²) in [6.07, 6.45) is 4.24. The first-order chi connectivity index (χ1) is 15.2. The second kappa shape index (κ2) is 9.62. The van der Waals surface area contributed by atoms with E-state index < -0.39 is 0 Å². The Morgan fingerprint density at radius 1 is 1.03 bits per heavy atom. The number of nitrogens with zero attached hydrogens (tertiary/aromatic N) is 5. The Balaban J connectivity index is 1.39. The number of carbonyl (C=O) groups excluding carboxylic acids is 1. The third-order valence-electron chi connectivity index (χ3n) is 4.77. The highest BCUT2D eigenvalue weighted by Gasteiger charge is 2.11. The van der Waals surface area contributed by atoms with Gasteiger partial charge in [0.15, 0.2) is 0 Å². The zero-order chi connectivity index (χ0) is 21.5. The van der Waals surface area contributed by atoms with E-state index in [0.29, 0.717) is 24.5 Å². The first kappa shape index (κ1) is 20.2. The Hall–Kier alpha value is -4.07. The van der Waals surface area contributed by atoms with Crippen LogP contribution in [0.15, 0.2) is 73.1 Å². The zero-order valence-electron chi connectivity index (χ0n) is 17.1. The lowest BCUT2D eigenvalue weighted by atomic mass is 10.1. The van der Waals surface area contributed by atoms with Gasteiger partial charge in [0.1, 0.15) is 5.75 Å². The molecule has 0 fully saturated rings. The summed E-state index contributed by atoms with van der Waals surface area (Å²) in [7, 11) is 1.63. The minimum absolute atomic E-state index is 0.137. The fourth-order valence-electron chi connectivity index (χ4n) is 3.09. The maximum atomic E-state index is 12.5. The van der Waals surface area contributed by atoms with E-state index in [1.165, 1.54) is 4.80 Å². The summed E-state index contributed by atoms with van der Waals surface area (Å²) >= 11 is 0. The van der Waals surface area contributed by atoms with Gasteiger partial charge in [-0.2, -0.15) is 4.80 Å². The SMILES string of the molecule is COc1ccc(Cn2nnc(-c3cccc(C(=O)NCCc4ccncc4)c3)n2)cc1. The predicted molar refractivity (Wildman–Crippen MR) is 116 cm³/mol. The summed E-state index contributed by atoms with van der Waals surface area (Å²) in [5.41, 5.74) is 3.45. The van der Waals surface area contributed by atoms with Gasteiger partial charge >= 0.3 is 0 Å². The number of carbonyl (C=O) groups is 1. The van der Waals surface area contributed by atoms with Crippen LogP contribution >= 0.6 is 0 Å². The number of ether oxygens (including phenoxy) is 1. The normalized spacial score (nSPS) is 10.6. The maximum Gasteiger partial charge on any atom is 0.251 e. The lowest BCUT2D eigenvalue weighted by Gasteiger charge is -2.06. The summed E-state index contributed by atoms with van der Waals surface area (Å²) in [5.74, 6) is 1.13. The number of hydrogen-bond donors (Lipinski definition) is 1. The standard InChI is InChI=1S/C23H22N6O2/c1-31-21-7-5-18(6-8-21)16-29-27-22(26-28-29)19-3-2-4-20(15-19)23(30)25-14-11-17-9-12-24-13-10-17/h2-10,12-13,15H,11,14,16H2,1H3,(H,25,30). The summed E-state index contributed by atoms with van der Waals surface area (Å²) in [4.78, 5) is 18.0.